The Morgan fingerprint density at radius 1 is 1.31 bits per heavy atom. The molecule has 0 aliphatic rings. The van der Waals surface area contributed by atoms with Crippen LogP contribution in [-0.4, -0.2) is 0 Å². The third-order valence-corrected chi connectivity index (χ3v) is 3.23. The number of rotatable bonds is 4. The van der Waals surface area contributed by atoms with Crippen molar-refractivity contribution in [2.75, 3.05) is 0 Å². The van der Waals surface area contributed by atoms with Gasteiger partial charge in [-0.25, -0.2) is 0 Å². The molecule has 0 saturated carbocycles. The Balaban J connectivity index is 2.49. The van der Waals surface area contributed by atoms with Gasteiger partial charge in [0.1, 0.15) is 0 Å². The SMILES string of the molecule is Cc1cscc1C(N)CCC(C)C. The van der Waals surface area contributed by atoms with Crippen molar-refractivity contribution >= 4 is 11.3 Å². The van der Waals surface area contributed by atoms with Crippen molar-refractivity contribution in [2.45, 2.75) is 39.7 Å². The summed E-state index contributed by atoms with van der Waals surface area (Å²) in [4.78, 5) is 0. The molecule has 0 fully saturated rings. The molecule has 0 saturated heterocycles. The van der Waals surface area contributed by atoms with E-state index in [1.807, 2.05) is 0 Å². The maximum Gasteiger partial charge on any atom is 0.0305 e. The van der Waals surface area contributed by atoms with E-state index < -0.39 is 0 Å². The van der Waals surface area contributed by atoms with Crippen molar-refractivity contribution in [1.82, 2.24) is 0 Å². The van der Waals surface area contributed by atoms with Crippen molar-refractivity contribution in [3.63, 3.8) is 0 Å². The first kappa shape index (κ1) is 10.7. The van der Waals surface area contributed by atoms with Gasteiger partial charge in [-0.2, -0.15) is 11.3 Å². The molecule has 2 heteroatoms. The Hall–Kier alpha value is -0.340. The second-order valence-corrected chi connectivity index (χ2v) is 4.83. The van der Waals surface area contributed by atoms with Crippen LogP contribution in [0.3, 0.4) is 0 Å². The molecule has 0 radical (unpaired) electrons. The quantitative estimate of drug-likeness (QED) is 0.785. The van der Waals surface area contributed by atoms with Crippen LogP contribution >= 0.6 is 11.3 Å². The fourth-order valence-electron chi connectivity index (χ4n) is 1.42. The van der Waals surface area contributed by atoms with Gasteiger partial charge in [-0.15, -0.1) is 0 Å². The molecular weight excluding hydrogens is 178 g/mol. The van der Waals surface area contributed by atoms with E-state index in [9.17, 15) is 0 Å². The van der Waals surface area contributed by atoms with Crippen molar-refractivity contribution in [1.29, 1.82) is 0 Å². The molecule has 1 aromatic heterocycles. The molecular formula is C11H19NS. The summed E-state index contributed by atoms with van der Waals surface area (Å²) in [5, 5.41) is 4.35. The Morgan fingerprint density at radius 2 is 2.00 bits per heavy atom. The monoisotopic (exact) mass is 197 g/mol. The molecule has 0 bridgehead atoms. The lowest BCUT2D eigenvalue weighted by Gasteiger charge is -2.12. The Labute approximate surface area is 85.0 Å². The van der Waals surface area contributed by atoms with Gasteiger partial charge in [0.15, 0.2) is 0 Å². The number of thiophene rings is 1. The van der Waals surface area contributed by atoms with Crippen LogP contribution in [0.5, 0.6) is 0 Å². The highest BCUT2D eigenvalue weighted by molar-refractivity contribution is 7.08. The summed E-state index contributed by atoms with van der Waals surface area (Å²) in [6.07, 6.45) is 2.33. The van der Waals surface area contributed by atoms with Gasteiger partial charge in [0.25, 0.3) is 0 Å². The molecule has 13 heavy (non-hydrogen) atoms. The van der Waals surface area contributed by atoms with E-state index >= 15 is 0 Å². The van der Waals surface area contributed by atoms with Crippen LogP contribution < -0.4 is 5.73 Å². The average molecular weight is 197 g/mol. The first-order valence-corrected chi connectivity index (χ1v) is 5.83. The topological polar surface area (TPSA) is 26.0 Å². The van der Waals surface area contributed by atoms with Crippen molar-refractivity contribution < 1.29 is 0 Å². The highest BCUT2D eigenvalue weighted by Crippen LogP contribution is 2.24. The summed E-state index contributed by atoms with van der Waals surface area (Å²) in [6.45, 7) is 6.63. The normalized spacial score (nSPS) is 13.6. The van der Waals surface area contributed by atoms with Crippen LogP contribution in [0.15, 0.2) is 10.8 Å². The smallest absolute Gasteiger partial charge is 0.0305 e. The third kappa shape index (κ3) is 3.12. The van der Waals surface area contributed by atoms with E-state index in [2.05, 4.69) is 31.5 Å². The fourth-order valence-corrected chi connectivity index (χ4v) is 2.33. The zero-order chi connectivity index (χ0) is 9.84. The zero-order valence-electron chi connectivity index (χ0n) is 8.71. The molecule has 1 heterocycles. The highest BCUT2D eigenvalue weighted by Gasteiger charge is 2.09. The largest absolute Gasteiger partial charge is 0.324 e. The van der Waals surface area contributed by atoms with Gasteiger partial charge in [0.2, 0.25) is 0 Å². The van der Waals surface area contributed by atoms with Crippen molar-refractivity contribution in [2.24, 2.45) is 11.7 Å². The van der Waals surface area contributed by atoms with E-state index in [4.69, 9.17) is 5.73 Å². The van der Waals surface area contributed by atoms with Gasteiger partial charge < -0.3 is 5.73 Å². The van der Waals surface area contributed by atoms with E-state index in [1.165, 1.54) is 17.5 Å². The lowest BCUT2D eigenvalue weighted by Crippen LogP contribution is -2.11. The summed E-state index contributed by atoms with van der Waals surface area (Å²) >= 11 is 1.75. The maximum atomic E-state index is 6.10. The summed E-state index contributed by atoms with van der Waals surface area (Å²) in [7, 11) is 0. The molecule has 0 aliphatic carbocycles. The van der Waals surface area contributed by atoms with Gasteiger partial charge in [0, 0.05) is 6.04 Å². The summed E-state index contributed by atoms with van der Waals surface area (Å²) in [5.74, 6) is 0.755. The van der Waals surface area contributed by atoms with Crippen LogP contribution in [0.1, 0.15) is 43.9 Å². The van der Waals surface area contributed by atoms with Crippen LogP contribution in [0.4, 0.5) is 0 Å². The number of aryl methyl sites for hydroxylation is 1. The summed E-state index contributed by atoms with van der Waals surface area (Å²) in [6, 6.07) is 0.244. The molecule has 0 aromatic carbocycles. The predicted molar refractivity (Wildman–Crippen MR) is 60.1 cm³/mol. The van der Waals surface area contributed by atoms with Gasteiger partial charge in [-0.1, -0.05) is 13.8 Å². The van der Waals surface area contributed by atoms with Crippen LogP contribution in [0, 0.1) is 12.8 Å². The molecule has 1 nitrogen and oxygen atoms in total. The summed E-state index contributed by atoms with van der Waals surface area (Å²) in [5.41, 5.74) is 8.78. The zero-order valence-corrected chi connectivity index (χ0v) is 9.53. The lowest BCUT2D eigenvalue weighted by molar-refractivity contribution is 0.507. The van der Waals surface area contributed by atoms with Gasteiger partial charge in [-0.05, 0) is 47.6 Å². The molecule has 0 amide bonds. The first-order chi connectivity index (χ1) is 6.11. The molecule has 1 aromatic rings. The Morgan fingerprint density at radius 3 is 2.46 bits per heavy atom. The second kappa shape index (κ2) is 4.77. The van der Waals surface area contributed by atoms with E-state index in [-0.39, 0.29) is 6.04 Å². The minimum absolute atomic E-state index is 0.244. The van der Waals surface area contributed by atoms with E-state index in [1.54, 1.807) is 11.3 Å². The van der Waals surface area contributed by atoms with Gasteiger partial charge in [0.05, 0.1) is 0 Å². The highest BCUT2D eigenvalue weighted by atomic mass is 32.1. The first-order valence-electron chi connectivity index (χ1n) is 4.89. The van der Waals surface area contributed by atoms with Crippen molar-refractivity contribution in [3.05, 3.63) is 21.9 Å². The van der Waals surface area contributed by atoms with Gasteiger partial charge >= 0.3 is 0 Å². The average Bonchev–Trinajstić information content (AvgIpc) is 2.47. The minimum atomic E-state index is 0.244. The maximum absolute atomic E-state index is 6.10. The van der Waals surface area contributed by atoms with Crippen LogP contribution in [0.2, 0.25) is 0 Å². The van der Waals surface area contributed by atoms with Crippen LogP contribution in [-0.2, 0) is 0 Å². The fraction of sp³-hybridized carbons (Fsp3) is 0.636. The van der Waals surface area contributed by atoms with E-state index in [0.29, 0.717) is 0 Å². The molecule has 74 valence electrons. The van der Waals surface area contributed by atoms with Gasteiger partial charge in [-0.3, -0.25) is 0 Å². The molecule has 1 unspecified atom stereocenters. The Kier molecular flexibility index (Phi) is 3.94. The third-order valence-electron chi connectivity index (χ3n) is 2.35. The lowest BCUT2D eigenvalue weighted by atomic mass is 9.98. The Bertz CT molecular complexity index is 252. The predicted octanol–water partition coefficient (Wildman–Crippen LogP) is 3.49. The molecule has 0 spiro atoms. The molecule has 0 aliphatic heterocycles. The standard InChI is InChI=1S/C11H19NS/c1-8(2)4-5-11(12)10-7-13-6-9(10)3/h6-8,11H,4-5,12H2,1-3H3. The van der Waals surface area contributed by atoms with E-state index in [0.717, 1.165) is 12.3 Å². The number of hydrogen-bond donors (Lipinski definition) is 1. The van der Waals surface area contributed by atoms with Crippen LogP contribution in [0.25, 0.3) is 0 Å². The molecule has 1 atom stereocenters. The van der Waals surface area contributed by atoms with Crippen molar-refractivity contribution in [3.8, 4) is 0 Å². The molecule has 1 rings (SSSR count). The number of hydrogen-bond acceptors (Lipinski definition) is 2. The molecule has 2 N–H and O–H groups in total. The number of nitrogens with two attached hydrogens (primary N) is 1. The summed E-state index contributed by atoms with van der Waals surface area (Å²) < 4.78 is 0. The second-order valence-electron chi connectivity index (χ2n) is 4.09. The minimum Gasteiger partial charge on any atom is -0.324 e.